The summed E-state index contributed by atoms with van der Waals surface area (Å²) in [5.74, 6) is 0.227. The number of anilines is 1. The molecule has 1 aromatic rings. The topological polar surface area (TPSA) is 90.4 Å². The van der Waals surface area contributed by atoms with Gasteiger partial charge in [-0.05, 0) is 6.92 Å². The number of aromatic nitrogens is 2. The maximum Gasteiger partial charge on any atom is 0.351 e. The maximum absolute atomic E-state index is 11.7. The zero-order chi connectivity index (χ0) is 12.6. The number of thiol groups is 1. The highest BCUT2D eigenvalue weighted by molar-refractivity contribution is 7.81. The van der Waals surface area contributed by atoms with Crippen LogP contribution in [0, 0.1) is 6.92 Å². The van der Waals surface area contributed by atoms with Gasteiger partial charge in [-0.15, -0.1) is 0 Å². The van der Waals surface area contributed by atoms with Crippen molar-refractivity contribution in [2.45, 2.75) is 30.9 Å². The van der Waals surface area contributed by atoms with Crippen molar-refractivity contribution in [1.29, 1.82) is 0 Å². The lowest BCUT2D eigenvalue weighted by molar-refractivity contribution is -0.0236. The van der Waals surface area contributed by atoms with E-state index in [1.165, 1.54) is 4.57 Å². The van der Waals surface area contributed by atoms with E-state index in [-0.39, 0.29) is 23.8 Å². The molecular formula is C10H15N3O3S. The Hall–Kier alpha value is -1.05. The lowest BCUT2D eigenvalue weighted by Gasteiger charge is -2.15. The monoisotopic (exact) mass is 257 g/mol. The first-order valence-corrected chi connectivity index (χ1v) is 5.84. The van der Waals surface area contributed by atoms with Crippen LogP contribution in [0.25, 0.3) is 0 Å². The minimum absolute atomic E-state index is 0.0882. The van der Waals surface area contributed by atoms with Crippen LogP contribution in [0.2, 0.25) is 0 Å². The number of nitrogens with two attached hydrogens (primary N) is 1. The van der Waals surface area contributed by atoms with Crippen LogP contribution >= 0.6 is 12.6 Å². The largest absolute Gasteiger partial charge is 0.394 e. The number of aliphatic hydroxyl groups is 1. The SMILES string of the molecule is Cc1cn([C@H]2CC(S)[C@@H](CO)O2)c(=O)nc1N. The van der Waals surface area contributed by atoms with Crippen molar-refractivity contribution >= 4 is 18.4 Å². The van der Waals surface area contributed by atoms with Crippen LogP contribution in [-0.4, -0.2) is 32.6 Å². The predicted molar refractivity (Wildman–Crippen MR) is 66.0 cm³/mol. The summed E-state index contributed by atoms with van der Waals surface area (Å²) in [7, 11) is 0. The fourth-order valence-corrected chi connectivity index (χ4v) is 2.18. The number of nitrogens with zero attached hydrogens (tertiary/aromatic N) is 2. The van der Waals surface area contributed by atoms with Crippen molar-refractivity contribution in [2.24, 2.45) is 0 Å². The Morgan fingerprint density at radius 3 is 3.06 bits per heavy atom. The van der Waals surface area contributed by atoms with Crippen LogP contribution in [0.3, 0.4) is 0 Å². The lowest BCUT2D eigenvalue weighted by Crippen LogP contribution is -2.28. The first-order valence-electron chi connectivity index (χ1n) is 5.32. The second kappa shape index (κ2) is 4.67. The zero-order valence-corrected chi connectivity index (χ0v) is 10.3. The molecule has 0 spiro atoms. The van der Waals surface area contributed by atoms with Gasteiger partial charge in [0.2, 0.25) is 0 Å². The average molecular weight is 257 g/mol. The molecule has 6 nitrogen and oxygen atoms in total. The number of rotatable bonds is 2. The van der Waals surface area contributed by atoms with Crippen LogP contribution in [-0.2, 0) is 4.74 Å². The van der Waals surface area contributed by atoms with Crippen LogP contribution in [0.4, 0.5) is 5.82 Å². The summed E-state index contributed by atoms with van der Waals surface area (Å²) < 4.78 is 6.93. The van der Waals surface area contributed by atoms with Crippen molar-refractivity contribution in [2.75, 3.05) is 12.3 Å². The highest BCUT2D eigenvalue weighted by atomic mass is 32.1. The van der Waals surface area contributed by atoms with Crippen LogP contribution in [0.1, 0.15) is 18.2 Å². The first-order chi connectivity index (χ1) is 8.02. The van der Waals surface area contributed by atoms with Crippen LogP contribution < -0.4 is 11.4 Å². The van der Waals surface area contributed by atoms with Gasteiger partial charge in [-0.25, -0.2) is 4.79 Å². The van der Waals surface area contributed by atoms with E-state index in [4.69, 9.17) is 15.6 Å². The molecule has 7 heteroatoms. The van der Waals surface area contributed by atoms with Gasteiger partial charge in [0.15, 0.2) is 0 Å². The van der Waals surface area contributed by atoms with Gasteiger partial charge in [-0.1, -0.05) is 0 Å². The summed E-state index contributed by atoms with van der Waals surface area (Å²) in [6, 6.07) is 0. The summed E-state index contributed by atoms with van der Waals surface area (Å²) >= 11 is 4.31. The number of aryl methyl sites for hydroxylation is 1. The highest BCUT2D eigenvalue weighted by Gasteiger charge is 2.34. The van der Waals surface area contributed by atoms with Gasteiger partial charge in [0.05, 0.1) is 12.7 Å². The van der Waals surface area contributed by atoms with E-state index >= 15 is 0 Å². The molecule has 0 radical (unpaired) electrons. The molecule has 3 N–H and O–H groups in total. The molecule has 0 aromatic carbocycles. The minimum Gasteiger partial charge on any atom is -0.394 e. The molecule has 94 valence electrons. The Balaban J connectivity index is 2.30. The molecule has 0 aliphatic carbocycles. The Labute approximate surface area is 104 Å². The maximum atomic E-state index is 11.7. The normalized spacial score (nSPS) is 28.5. The number of aliphatic hydroxyl groups excluding tert-OH is 1. The van der Waals surface area contributed by atoms with Crippen LogP contribution in [0.5, 0.6) is 0 Å². The Morgan fingerprint density at radius 2 is 2.47 bits per heavy atom. The molecule has 17 heavy (non-hydrogen) atoms. The standard InChI is InChI=1S/C10H15N3O3S/c1-5-3-13(10(15)12-9(5)11)8-2-7(17)6(4-14)16-8/h3,6-8,14,17H,2,4H2,1H3,(H2,11,12,15)/t6-,7?,8-/m1/s1. The van der Waals surface area contributed by atoms with Gasteiger partial charge in [0.1, 0.15) is 12.0 Å². The van der Waals surface area contributed by atoms with E-state index in [1.807, 2.05) is 0 Å². The molecule has 1 aromatic heterocycles. The Bertz CT molecular complexity index is 476. The van der Waals surface area contributed by atoms with E-state index in [2.05, 4.69) is 17.6 Å². The molecule has 1 aliphatic rings. The Morgan fingerprint density at radius 1 is 1.76 bits per heavy atom. The molecule has 1 aliphatic heterocycles. The average Bonchev–Trinajstić information content (AvgIpc) is 2.65. The molecule has 2 heterocycles. The summed E-state index contributed by atoms with van der Waals surface area (Å²) in [6.07, 6.45) is 1.39. The van der Waals surface area contributed by atoms with Crippen molar-refractivity contribution in [3.8, 4) is 0 Å². The van der Waals surface area contributed by atoms with Gasteiger partial charge in [0, 0.05) is 23.4 Å². The Kier molecular flexibility index (Phi) is 3.41. The number of hydrogen-bond acceptors (Lipinski definition) is 6. The third kappa shape index (κ3) is 2.31. The van der Waals surface area contributed by atoms with Gasteiger partial charge < -0.3 is 15.6 Å². The van der Waals surface area contributed by atoms with E-state index in [9.17, 15) is 4.79 Å². The van der Waals surface area contributed by atoms with E-state index in [0.29, 0.717) is 6.42 Å². The summed E-state index contributed by atoms with van der Waals surface area (Å²) in [5.41, 5.74) is 5.82. The van der Waals surface area contributed by atoms with E-state index in [1.54, 1.807) is 13.1 Å². The van der Waals surface area contributed by atoms with Gasteiger partial charge in [-0.3, -0.25) is 4.57 Å². The molecular weight excluding hydrogens is 242 g/mol. The van der Waals surface area contributed by atoms with Gasteiger partial charge in [-0.2, -0.15) is 17.6 Å². The number of nitrogen functional groups attached to an aromatic ring is 1. The quantitative estimate of drug-likeness (QED) is 0.634. The summed E-state index contributed by atoms with van der Waals surface area (Å²) in [4.78, 5) is 15.4. The first kappa shape index (κ1) is 12.4. The second-order valence-electron chi connectivity index (χ2n) is 4.11. The molecule has 1 fully saturated rings. The van der Waals surface area contributed by atoms with Gasteiger partial charge in [0.25, 0.3) is 0 Å². The van der Waals surface area contributed by atoms with Crippen molar-refractivity contribution in [3.05, 3.63) is 22.2 Å². The molecule has 0 amide bonds. The number of ether oxygens (including phenoxy) is 1. The van der Waals surface area contributed by atoms with Crippen molar-refractivity contribution in [1.82, 2.24) is 9.55 Å². The van der Waals surface area contributed by atoms with E-state index in [0.717, 1.165) is 5.56 Å². The number of hydrogen-bond donors (Lipinski definition) is 3. The third-order valence-electron chi connectivity index (χ3n) is 2.87. The summed E-state index contributed by atoms with van der Waals surface area (Å²) in [5, 5.41) is 8.98. The molecule has 1 unspecified atom stereocenters. The molecule has 0 bridgehead atoms. The fourth-order valence-electron chi connectivity index (χ4n) is 1.84. The molecule has 1 saturated heterocycles. The highest BCUT2D eigenvalue weighted by Crippen LogP contribution is 2.30. The molecule has 2 rings (SSSR count). The zero-order valence-electron chi connectivity index (χ0n) is 9.41. The van der Waals surface area contributed by atoms with E-state index < -0.39 is 11.9 Å². The molecule has 0 saturated carbocycles. The summed E-state index contributed by atoms with van der Waals surface area (Å²) in [6.45, 7) is 1.66. The van der Waals surface area contributed by atoms with Crippen molar-refractivity contribution < 1.29 is 9.84 Å². The smallest absolute Gasteiger partial charge is 0.351 e. The predicted octanol–water partition coefficient (Wildman–Crippen LogP) is -0.288. The minimum atomic E-state index is -0.447. The fraction of sp³-hybridized carbons (Fsp3) is 0.600. The van der Waals surface area contributed by atoms with Crippen LogP contribution in [0.15, 0.2) is 11.0 Å². The molecule has 3 atom stereocenters. The lowest BCUT2D eigenvalue weighted by atomic mass is 10.2. The third-order valence-corrected chi connectivity index (χ3v) is 3.41. The second-order valence-corrected chi connectivity index (χ2v) is 4.78. The van der Waals surface area contributed by atoms with Crippen molar-refractivity contribution in [3.63, 3.8) is 0 Å². The van der Waals surface area contributed by atoms with Gasteiger partial charge >= 0.3 is 5.69 Å².